The topological polar surface area (TPSA) is 20.3 Å². The zero-order valence-electron chi connectivity index (χ0n) is 11.0. The summed E-state index contributed by atoms with van der Waals surface area (Å²) in [7, 11) is 0. The van der Waals surface area contributed by atoms with Gasteiger partial charge in [0.25, 0.3) is 5.91 Å². The molecule has 1 heterocycles. The third-order valence-corrected chi connectivity index (χ3v) is 3.82. The molecule has 1 saturated heterocycles. The van der Waals surface area contributed by atoms with Gasteiger partial charge in [0, 0.05) is 18.2 Å². The van der Waals surface area contributed by atoms with E-state index in [4.69, 9.17) is 0 Å². The van der Waals surface area contributed by atoms with Crippen molar-refractivity contribution in [3.63, 3.8) is 0 Å². The maximum atomic E-state index is 12.4. The Labute approximate surface area is 104 Å². The van der Waals surface area contributed by atoms with Crippen LogP contribution in [0.1, 0.15) is 47.7 Å². The molecule has 1 aliphatic rings. The van der Waals surface area contributed by atoms with E-state index in [2.05, 4.69) is 20.8 Å². The van der Waals surface area contributed by atoms with Crippen LogP contribution in [0.3, 0.4) is 0 Å². The molecule has 1 aromatic carbocycles. The van der Waals surface area contributed by atoms with Crippen molar-refractivity contribution < 1.29 is 4.79 Å². The molecule has 0 aliphatic carbocycles. The Morgan fingerprint density at radius 2 is 2.00 bits per heavy atom. The van der Waals surface area contributed by atoms with Crippen molar-refractivity contribution in [3.8, 4) is 0 Å². The summed E-state index contributed by atoms with van der Waals surface area (Å²) in [4.78, 5) is 14.4. The molecule has 1 aliphatic heterocycles. The largest absolute Gasteiger partial charge is 0.336 e. The highest BCUT2D eigenvalue weighted by molar-refractivity contribution is 5.94. The van der Waals surface area contributed by atoms with E-state index in [1.165, 1.54) is 17.5 Å². The van der Waals surface area contributed by atoms with Gasteiger partial charge in [-0.3, -0.25) is 4.79 Å². The smallest absolute Gasteiger partial charge is 0.254 e. The molecule has 92 valence electrons. The molecule has 17 heavy (non-hydrogen) atoms. The molecule has 2 heteroatoms. The highest BCUT2D eigenvalue weighted by Crippen LogP contribution is 2.20. The molecular formula is C15H21NO. The summed E-state index contributed by atoms with van der Waals surface area (Å²) < 4.78 is 0. The van der Waals surface area contributed by atoms with Gasteiger partial charge in [0.05, 0.1) is 0 Å². The fraction of sp³-hybridized carbons (Fsp3) is 0.533. The number of rotatable bonds is 1. The first-order chi connectivity index (χ1) is 8.09. The van der Waals surface area contributed by atoms with Crippen molar-refractivity contribution in [1.82, 2.24) is 4.90 Å². The Morgan fingerprint density at radius 3 is 2.65 bits per heavy atom. The van der Waals surface area contributed by atoms with Crippen LogP contribution in [0.5, 0.6) is 0 Å². The van der Waals surface area contributed by atoms with E-state index in [1.807, 2.05) is 23.1 Å². The van der Waals surface area contributed by atoms with Crippen molar-refractivity contribution in [1.29, 1.82) is 0 Å². The fourth-order valence-corrected chi connectivity index (χ4v) is 2.44. The van der Waals surface area contributed by atoms with E-state index in [9.17, 15) is 4.79 Å². The van der Waals surface area contributed by atoms with Crippen LogP contribution in [0, 0.1) is 13.8 Å². The van der Waals surface area contributed by atoms with Crippen LogP contribution in [-0.2, 0) is 0 Å². The standard InChI is InChI=1S/C15H21NO/c1-11-7-8-14(10-12(11)2)15(17)16-9-5-4-6-13(16)3/h7-8,10,13H,4-6,9H2,1-3H3/t13-/m1/s1. The number of hydrogen-bond acceptors (Lipinski definition) is 1. The van der Waals surface area contributed by atoms with Gasteiger partial charge in [-0.25, -0.2) is 0 Å². The highest BCUT2D eigenvalue weighted by atomic mass is 16.2. The lowest BCUT2D eigenvalue weighted by molar-refractivity contribution is 0.0635. The van der Waals surface area contributed by atoms with Gasteiger partial charge in [-0.1, -0.05) is 6.07 Å². The van der Waals surface area contributed by atoms with Crippen LogP contribution in [0.2, 0.25) is 0 Å². The lowest BCUT2D eigenvalue weighted by Gasteiger charge is -2.33. The summed E-state index contributed by atoms with van der Waals surface area (Å²) >= 11 is 0. The summed E-state index contributed by atoms with van der Waals surface area (Å²) in [6, 6.07) is 6.39. The van der Waals surface area contributed by atoms with E-state index < -0.39 is 0 Å². The Kier molecular flexibility index (Phi) is 3.51. The summed E-state index contributed by atoms with van der Waals surface area (Å²) in [6.07, 6.45) is 3.52. The highest BCUT2D eigenvalue weighted by Gasteiger charge is 2.24. The van der Waals surface area contributed by atoms with Gasteiger partial charge in [-0.15, -0.1) is 0 Å². The van der Waals surface area contributed by atoms with Crippen LogP contribution < -0.4 is 0 Å². The first-order valence-corrected chi connectivity index (χ1v) is 6.48. The number of carbonyl (C=O) groups excluding carboxylic acids is 1. The number of amides is 1. The van der Waals surface area contributed by atoms with Crippen molar-refractivity contribution in [2.75, 3.05) is 6.54 Å². The van der Waals surface area contributed by atoms with E-state index in [0.29, 0.717) is 6.04 Å². The molecule has 2 rings (SSSR count). The van der Waals surface area contributed by atoms with E-state index in [1.54, 1.807) is 0 Å². The SMILES string of the molecule is Cc1ccc(C(=O)N2CCCC[C@H]2C)cc1C. The zero-order chi connectivity index (χ0) is 12.4. The van der Waals surface area contributed by atoms with Gasteiger partial charge in [0.2, 0.25) is 0 Å². The molecule has 2 nitrogen and oxygen atoms in total. The molecule has 0 N–H and O–H groups in total. The molecule has 0 radical (unpaired) electrons. The molecule has 1 aromatic rings. The predicted octanol–water partition coefficient (Wildman–Crippen LogP) is 3.32. The van der Waals surface area contributed by atoms with Crippen LogP contribution in [-0.4, -0.2) is 23.4 Å². The van der Waals surface area contributed by atoms with E-state index >= 15 is 0 Å². The molecule has 0 aromatic heterocycles. The van der Waals surface area contributed by atoms with E-state index in [0.717, 1.165) is 24.9 Å². The number of hydrogen-bond donors (Lipinski definition) is 0. The average Bonchev–Trinajstić information content (AvgIpc) is 2.32. The summed E-state index contributed by atoms with van der Waals surface area (Å²) in [5, 5.41) is 0. The van der Waals surface area contributed by atoms with Gasteiger partial charge in [0.15, 0.2) is 0 Å². The Bertz CT molecular complexity index is 425. The van der Waals surface area contributed by atoms with Crippen LogP contribution in [0.15, 0.2) is 18.2 Å². The molecule has 1 fully saturated rings. The maximum absolute atomic E-state index is 12.4. The normalized spacial score (nSPS) is 20.4. The molecule has 0 bridgehead atoms. The van der Waals surface area contributed by atoms with E-state index in [-0.39, 0.29) is 5.91 Å². The maximum Gasteiger partial charge on any atom is 0.254 e. The quantitative estimate of drug-likeness (QED) is 0.726. The number of carbonyl (C=O) groups is 1. The predicted molar refractivity (Wildman–Crippen MR) is 70.3 cm³/mol. The lowest BCUT2D eigenvalue weighted by atomic mass is 10.0. The molecule has 0 spiro atoms. The van der Waals surface area contributed by atoms with Gasteiger partial charge < -0.3 is 4.90 Å². The Morgan fingerprint density at radius 1 is 1.24 bits per heavy atom. The second-order valence-electron chi connectivity index (χ2n) is 5.14. The number of piperidine rings is 1. The summed E-state index contributed by atoms with van der Waals surface area (Å²) in [5.41, 5.74) is 3.27. The van der Waals surface area contributed by atoms with Gasteiger partial charge >= 0.3 is 0 Å². The van der Waals surface area contributed by atoms with Crippen LogP contribution in [0.4, 0.5) is 0 Å². The number of aryl methyl sites for hydroxylation is 2. The zero-order valence-corrected chi connectivity index (χ0v) is 11.0. The Balaban J connectivity index is 2.21. The number of benzene rings is 1. The molecular weight excluding hydrogens is 210 g/mol. The minimum atomic E-state index is 0.195. The molecule has 1 atom stereocenters. The minimum Gasteiger partial charge on any atom is -0.336 e. The minimum absolute atomic E-state index is 0.195. The van der Waals surface area contributed by atoms with Crippen molar-refractivity contribution in [2.24, 2.45) is 0 Å². The first kappa shape index (κ1) is 12.2. The lowest BCUT2D eigenvalue weighted by Crippen LogP contribution is -2.42. The third-order valence-electron chi connectivity index (χ3n) is 3.82. The monoisotopic (exact) mass is 231 g/mol. The number of likely N-dealkylation sites (tertiary alicyclic amines) is 1. The average molecular weight is 231 g/mol. The summed E-state index contributed by atoms with van der Waals surface area (Å²) in [5.74, 6) is 0.195. The van der Waals surface area contributed by atoms with Crippen molar-refractivity contribution in [2.45, 2.75) is 46.1 Å². The van der Waals surface area contributed by atoms with Gasteiger partial charge in [0.1, 0.15) is 0 Å². The second-order valence-corrected chi connectivity index (χ2v) is 5.14. The van der Waals surface area contributed by atoms with Gasteiger partial charge in [-0.05, 0) is 63.3 Å². The molecule has 0 unspecified atom stereocenters. The third kappa shape index (κ3) is 2.51. The van der Waals surface area contributed by atoms with Crippen LogP contribution in [0.25, 0.3) is 0 Å². The molecule has 0 saturated carbocycles. The van der Waals surface area contributed by atoms with Crippen molar-refractivity contribution in [3.05, 3.63) is 34.9 Å². The number of nitrogens with zero attached hydrogens (tertiary/aromatic N) is 1. The summed E-state index contributed by atoms with van der Waals surface area (Å²) in [6.45, 7) is 7.20. The first-order valence-electron chi connectivity index (χ1n) is 6.48. The van der Waals surface area contributed by atoms with Gasteiger partial charge in [-0.2, -0.15) is 0 Å². The molecule has 1 amide bonds. The second kappa shape index (κ2) is 4.91. The Hall–Kier alpha value is -1.31. The van der Waals surface area contributed by atoms with Crippen molar-refractivity contribution >= 4 is 5.91 Å². The fourth-order valence-electron chi connectivity index (χ4n) is 2.44. The van der Waals surface area contributed by atoms with Crippen LogP contribution >= 0.6 is 0 Å².